The molecule has 1 N–H and O–H groups in total. The second-order valence-corrected chi connectivity index (χ2v) is 9.06. The molecule has 2 aromatic carbocycles. The van der Waals surface area contributed by atoms with E-state index in [1.165, 1.54) is 11.3 Å². The van der Waals surface area contributed by atoms with Crippen molar-refractivity contribution in [3.63, 3.8) is 0 Å². The summed E-state index contributed by atoms with van der Waals surface area (Å²) >= 11 is 1.30. The fourth-order valence-electron chi connectivity index (χ4n) is 3.51. The first-order chi connectivity index (χ1) is 17.0. The van der Waals surface area contributed by atoms with E-state index in [1.54, 1.807) is 13.2 Å². The van der Waals surface area contributed by atoms with Crippen molar-refractivity contribution in [1.82, 2.24) is 14.8 Å². The highest BCUT2D eigenvalue weighted by Crippen LogP contribution is 2.26. The Hall–Kier alpha value is -4.16. The normalized spacial score (nSPS) is 11.5. The predicted octanol–water partition coefficient (Wildman–Crippen LogP) is 5.25. The number of nitrogens with zero attached hydrogens (tertiary/aromatic N) is 4. The quantitative estimate of drug-likeness (QED) is 0.256. The summed E-state index contributed by atoms with van der Waals surface area (Å²) in [7, 11) is 1.62. The third-order valence-corrected chi connectivity index (χ3v) is 6.42. The molecule has 0 atom stereocenters. The third-order valence-electron chi connectivity index (χ3n) is 5.28. The van der Waals surface area contributed by atoms with Gasteiger partial charge in [0.1, 0.15) is 34.8 Å². The standard InChI is InChI=1S/C26H25N5O3S/c1-17(2)25-29-30-26(35-25)28-24(32)18(15-27)13-19-16-31(23-10-5-4-9-22(19)23)11-12-34-21-8-6-7-20(14-21)33-3/h4-10,13-14,16-17H,11-12H2,1-3H3,(H,28,30,32)/b18-13-. The van der Waals surface area contributed by atoms with E-state index >= 15 is 0 Å². The zero-order chi connectivity index (χ0) is 24.8. The number of fused-ring (bicyclic) bond motifs is 1. The summed E-state index contributed by atoms with van der Waals surface area (Å²) in [6.07, 6.45) is 3.52. The molecule has 178 valence electrons. The summed E-state index contributed by atoms with van der Waals surface area (Å²) in [6.45, 7) is 5.03. The van der Waals surface area contributed by atoms with Gasteiger partial charge in [0.2, 0.25) is 5.13 Å². The number of para-hydroxylation sites is 1. The molecule has 0 aliphatic heterocycles. The van der Waals surface area contributed by atoms with Crippen LogP contribution in [-0.4, -0.2) is 34.4 Å². The van der Waals surface area contributed by atoms with Gasteiger partial charge in [0.05, 0.1) is 13.7 Å². The van der Waals surface area contributed by atoms with Gasteiger partial charge in [-0.25, -0.2) is 0 Å². The molecule has 0 radical (unpaired) electrons. The second-order valence-electron chi connectivity index (χ2n) is 8.05. The molecule has 2 heterocycles. The van der Waals surface area contributed by atoms with Crippen LogP contribution < -0.4 is 14.8 Å². The summed E-state index contributed by atoms with van der Waals surface area (Å²) in [4.78, 5) is 12.8. The van der Waals surface area contributed by atoms with Crippen molar-refractivity contribution in [2.45, 2.75) is 26.3 Å². The van der Waals surface area contributed by atoms with Crippen LogP contribution in [0.5, 0.6) is 11.5 Å². The van der Waals surface area contributed by atoms with E-state index in [2.05, 4.69) is 15.5 Å². The minimum absolute atomic E-state index is 0.0122. The van der Waals surface area contributed by atoms with Crippen LogP contribution in [0.25, 0.3) is 17.0 Å². The van der Waals surface area contributed by atoms with Crippen LogP contribution in [0.2, 0.25) is 0 Å². The van der Waals surface area contributed by atoms with Gasteiger partial charge in [0.25, 0.3) is 5.91 Å². The summed E-state index contributed by atoms with van der Waals surface area (Å²) in [5, 5.41) is 22.6. The number of hydrogen-bond donors (Lipinski definition) is 1. The van der Waals surface area contributed by atoms with Gasteiger partial charge in [-0.1, -0.05) is 49.4 Å². The maximum absolute atomic E-state index is 12.8. The number of nitriles is 1. The topological polar surface area (TPSA) is 102 Å². The number of rotatable bonds is 9. The van der Waals surface area contributed by atoms with Crippen molar-refractivity contribution in [3.8, 4) is 17.6 Å². The third kappa shape index (κ3) is 5.67. The smallest absolute Gasteiger partial charge is 0.268 e. The van der Waals surface area contributed by atoms with Crippen LogP contribution in [0, 0.1) is 11.3 Å². The number of anilines is 1. The van der Waals surface area contributed by atoms with Crippen LogP contribution in [-0.2, 0) is 11.3 Å². The molecule has 8 nitrogen and oxygen atoms in total. The van der Waals surface area contributed by atoms with Gasteiger partial charge in [-0.15, -0.1) is 10.2 Å². The number of ether oxygens (including phenoxy) is 2. The molecular formula is C26H25N5O3S. The molecule has 1 amide bonds. The van der Waals surface area contributed by atoms with Crippen LogP contribution >= 0.6 is 11.3 Å². The minimum atomic E-state index is -0.517. The molecule has 0 unspecified atom stereocenters. The Kier molecular flexibility index (Phi) is 7.43. The van der Waals surface area contributed by atoms with E-state index in [0.717, 1.165) is 33.0 Å². The molecule has 4 aromatic rings. The van der Waals surface area contributed by atoms with E-state index in [-0.39, 0.29) is 11.5 Å². The Morgan fingerprint density at radius 3 is 2.74 bits per heavy atom. The van der Waals surface area contributed by atoms with Gasteiger partial charge in [0.15, 0.2) is 0 Å². The van der Waals surface area contributed by atoms with Crippen molar-refractivity contribution in [3.05, 3.63) is 70.9 Å². The van der Waals surface area contributed by atoms with E-state index < -0.39 is 5.91 Å². The zero-order valence-corrected chi connectivity index (χ0v) is 20.5. The summed E-state index contributed by atoms with van der Waals surface area (Å²) in [5.74, 6) is 1.15. The highest BCUT2D eigenvalue weighted by Gasteiger charge is 2.15. The second kappa shape index (κ2) is 10.8. The van der Waals surface area contributed by atoms with Crippen LogP contribution in [0.3, 0.4) is 0 Å². The first-order valence-electron chi connectivity index (χ1n) is 11.1. The van der Waals surface area contributed by atoms with Crippen LogP contribution in [0.1, 0.15) is 30.3 Å². The summed E-state index contributed by atoms with van der Waals surface area (Å²) < 4.78 is 13.2. The van der Waals surface area contributed by atoms with Crippen molar-refractivity contribution in [1.29, 1.82) is 5.26 Å². The van der Waals surface area contributed by atoms with Crippen LogP contribution in [0.4, 0.5) is 5.13 Å². The summed E-state index contributed by atoms with van der Waals surface area (Å²) in [5.41, 5.74) is 1.74. The average molecular weight is 488 g/mol. The molecule has 0 spiro atoms. The first kappa shape index (κ1) is 24.0. The number of hydrogen-bond acceptors (Lipinski definition) is 7. The van der Waals surface area contributed by atoms with Gasteiger partial charge in [0, 0.05) is 34.6 Å². The number of aromatic nitrogens is 3. The lowest BCUT2D eigenvalue weighted by Crippen LogP contribution is -2.13. The molecule has 0 aliphatic carbocycles. The Morgan fingerprint density at radius 1 is 1.20 bits per heavy atom. The average Bonchev–Trinajstić information content (AvgIpc) is 3.48. The summed E-state index contributed by atoms with van der Waals surface area (Å²) in [6, 6.07) is 17.3. The fourth-order valence-corrected chi connectivity index (χ4v) is 4.26. The van der Waals surface area contributed by atoms with Gasteiger partial charge >= 0.3 is 0 Å². The lowest BCUT2D eigenvalue weighted by molar-refractivity contribution is -0.112. The molecular weight excluding hydrogens is 462 g/mol. The number of amides is 1. The molecule has 4 rings (SSSR count). The number of methoxy groups -OCH3 is 1. The fraction of sp³-hybridized carbons (Fsp3) is 0.231. The molecule has 0 saturated carbocycles. The van der Waals surface area contributed by atoms with Crippen molar-refractivity contribution in [2.24, 2.45) is 0 Å². The lowest BCUT2D eigenvalue weighted by Gasteiger charge is -2.09. The SMILES string of the molecule is COc1cccc(OCCn2cc(/C=C(/C#N)C(=O)Nc3nnc(C(C)C)s3)c3ccccc32)c1. The number of carbonyl (C=O) groups excluding carboxylic acids is 1. The Bertz CT molecular complexity index is 1410. The van der Waals surface area contributed by atoms with Gasteiger partial charge in [-0.05, 0) is 24.3 Å². The van der Waals surface area contributed by atoms with Gasteiger partial charge in [-0.2, -0.15) is 5.26 Å². The maximum Gasteiger partial charge on any atom is 0.268 e. The molecule has 2 aromatic heterocycles. The Balaban J connectivity index is 1.53. The highest BCUT2D eigenvalue weighted by atomic mass is 32.1. The molecule has 0 saturated heterocycles. The molecule has 35 heavy (non-hydrogen) atoms. The van der Waals surface area contributed by atoms with Crippen LogP contribution in [0.15, 0.2) is 60.3 Å². The monoisotopic (exact) mass is 487 g/mol. The van der Waals surface area contributed by atoms with Crippen molar-refractivity contribution >= 4 is 39.4 Å². The van der Waals surface area contributed by atoms with Gasteiger partial charge in [-0.3, -0.25) is 10.1 Å². The van der Waals surface area contributed by atoms with Gasteiger partial charge < -0.3 is 14.0 Å². The number of carbonyl (C=O) groups is 1. The molecule has 0 aliphatic rings. The lowest BCUT2D eigenvalue weighted by atomic mass is 10.1. The van der Waals surface area contributed by atoms with Crippen molar-refractivity contribution < 1.29 is 14.3 Å². The van der Waals surface area contributed by atoms with E-state index in [1.807, 2.05) is 79.2 Å². The van der Waals surface area contributed by atoms with E-state index in [0.29, 0.717) is 18.3 Å². The molecule has 9 heteroatoms. The zero-order valence-electron chi connectivity index (χ0n) is 19.7. The van der Waals surface area contributed by atoms with Crippen molar-refractivity contribution in [2.75, 3.05) is 19.0 Å². The first-order valence-corrected chi connectivity index (χ1v) is 11.9. The Labute approximate surface area is 207 Å². The molecule has 0 fully saturated rings. The maximum atomic E-state index is 12.8. The molecule has 0 bridgehead atoms. The largest absolute Gasteiger partial charge is 0.497 e. The van der Waals surface area contributed by atoms with E-state index in [4.69, 9.17) is 9.47 Å². The minimum Gasteiger partial charge on any atom is -0.497 e. The van der Waals surface area contributed by atoms with E-state index in [9.17, 15) is 10.1 Å². The predicted molar refractivity (Wildman–Crippen MR) is 137 cm³/mol. The number of nitrogens with one attached hydrogen (secondary N) is 1. The number of benzene rings is 2. The Morgan fingerprint density at radius 2 is 2.00 bits per heavy atom. The highest BCUT2D eigenvalue weighted by molar-refractivity contribution is 7.15.